The van der Waals surface area contributed by atoms with Gasteiger partial charge in [0.25, 0.3) is 0 Å². The van der Waals surface area contributed by atoms with E-state index in [1.807, 2.05) is 44.2 Å². The zero-order valence-electron chi connectivity index (χ0n) is 8.79. The molecule has 0 aromatic heterocycles. The van der Waals surface area contributed by atoms with Gasteiger partial charge in [-0.05, 0) is 18.1 Å². The third kappa shape index (κ3) is 2.56. The van der Waals surface area contributed by atoms with Gasteiger partial charge in [0.1, 0.15) is 0 Å². The lowest BCUT2D eigenvalue weighted by molar-refractivity contribution is -0.122. The summed E-state index contributed by atoms with van der Waals surface area (Å²) in [5.41, 5.74) is 0.844. The van der Waals surface area contributed by atoms with Crippen LogP contribution in [0, 0.1) is 5.41 Å². The van der Waals surface area contributed by atoms with Crippen LogP contribution in [0.3, 0.4) is 0 Å². The Morgan fingerprint density at radius 3 is 2.43 bits per heavy atom. The Labute approximate surface area is 85.5 Å². The summed E-state index contributed by atoms with van der Waals surface area (Å²) < 4.78 is 0. The molecule has 1 nitrogen and oxygen atoms in total. The molecule has 0 radical (unpaired) electrons. The Balaban J connectivity index is 2.78. The summed E-state index contributed by atoms with van der Waals surface area (Å²) in [5.74, 6) is 0.0985. The van der Waals surface area contributed by atoms with Gasteiger partial charge >= 0.3 is 0 Å². The van der Waals surface area contributed by atoms with Crippen molar-refractivity contribution in [3.8, 4) is 0 Å². The lowest BCUT2D eigenvalue weighted by atomic mass is 9.82. The second-order valence-electron chi connectivity index (χ2n) is 4.11. The van der Waals surface area contributed by atoms with Crippen molar-refractivity contribution in [1.29, 1.82) is 0 Å². The molecular weight excluding hydrogens is 172 g/mol. The average molecular weight is 188 g/mol. The molecule has 74 valence electrons. The monoisotopic (exact) mass is 188 g/mol. The van der Waals surface area contributed by atoms with Crippen LogP contribution in [0.2, 0.25) is 0 Å². The van der Waals surface area contributed by atoms with Gasteiger partial charge in [-0.2, -0.15) is 0 Å². The van der Waals surface area contributed by atoms with Crippen molar-refractivity contribution < 1.29 is 4.79 Å². The molecule has 0 aliphatic rings. The van der Waals surface area contributed by atoms with Crippen molar-refractivity contribution in [1.82, 2.24) is 0 Å². The first kappa shape index (κ1) is 10.7. The molecule has 1 aromatic rings. The van der Waals surface area contributed by atoms with E-state index in [9.17, 15) is 4.79 Å². The minimum atomic E-state index is -0.344. The minimum Gasteiger partial charge on any atom is -0.294 e. The number of rotatable bonds is 4. The molecule has 0 amide bonds. The van der Waals surface area contributed by atoms with E-state index in [-0.39, 0.29) is 11.2 Å². The van der Waals surface area contributed by atoms with Crippen LogP contribution in [0.5, 0.6) is 0 Å². The molecule has 0 aliphatic heterocycles. The minimum absolute atomic E-state index is 0.0985. The van der Waals surface area contributed by atoms with Gasteiger partial charge in [0.15, 0.2) is 5.78 Å². The molecule has 0 heterocycles. The molecule has 1 rings (SSSR count). The van der Waals surface area contributed by atoms with E-state index in [1.54, 1.807) is 0 Å². The summed E-state index contributed by atoms with van der Waals surface area (Å²) in [4.78, 5) is 11.5. The maximum atomic E-state index is 11.5. The molecule has 0 fully saturated rings. The highest BCUT2D eigenvalue weighted by molar-refractivity contribution is 5.93. The number of carbonyl (C=O) groups is 1. The van der Waals surface area contributed by atoms with Gasteiger partial charge in [-0.15, -0.1) is 0 Å². The molecule has 14 heavy (non-hydrogen) atoms. The van der Waals surface area contributed by atoms with Gasteiger partial charge in [0, 0.05) is 5.41 Å². The third-order valence-corrected chi connectivity index (χ3v) is 2.34. The van der Waals surface area contributed by atoms with E-state index in [4.69, 9.17) is 0 Å². The third-order valence-electron chi connectivity index (χ3n) is 2.34. The maximum Gasteiger partial charge on any atom is 0.161 e. The van der Waals surface area contributed by atoms with Crippen LogP contribution in [0.15, 0.2) is 43.0 Å². The molecule has 0 bridgehead atoms. The van der Waals surface area contributed by atoms with Crippen molar-refractivity contribution in [2.45, 2.75) is 20.3 Å². The van der Waals surface area contributed by atoms with E-state index in [2.05, 4.69) is 6.58 Å². The zero-order valence-corrected chi connectivity index (χ0v) is 8.79. The number of allylic oxidation sites excluding steroid dienone is 1. The van der Waals surface area contributed by atoms with Crippen LogP contribution in [-0.4, -0.2) is 5.78 Å². The largest absolute Gasteiger partial charge is 0.294 e. The van der Waals surface area contributed by atoms with Gasteiger partial charge in [0.2, 0.25) is 0 Å². The van der Waals surface area contributed by atoms with E-state index >= 15 is 0 Å². The molecule has 0 saturated heterocycles. The molecule has 0 aliphatic carbocycles. The molecular formula is C13H16O. The lowest BCUT2D eigenvalue weighted by Crippen LogP contribution is -2.24. The van der Waals surface area contributed by atoms with E-state index in [0.717, 1.165) is 6.42 Å². The highest BCUT2D eigenvalue weighted by Crippen LogP contribution is 2.23. The predicted molar refractivity (Wildman–Crippen MR) is 59.1 cm³/mol. The second kappa shape index (κ2) is 4.23. The quantitative estimate of drug-likeness (QED) is 0.664. The van der Waals surface area contributed by atoms with Crippen molar-refractivity contribution in [3.63, 3.8) is 0 Å². The number of carbonyl (C=O) groups excluding carboxylic acids is 1. The summed E-state index contributed by atoms with van der Waals surface area (Å²) in [6.07, 6.45) is 2.17. The van der Waals surface area contributed by atoms with Crippen molar-refractivity contribution in [3.05, 3.63) is 48.6 Å². The van der Waals surface area contributed by atoms with Crippen molar-refractivity contribution in [2.24, 2.45) is 5.41 Å². The first-order chi connectivity index (χ1) is 6.56. The zero-order chi connectivity index (χ0) is 10.6. The number of ketones is 1. The number of benzene rings is 1. The summed E-state index contributed by atoms with van der Waals surface area (Å²) in [6.45, 7) is 7.42. The van der Waals surface area contributed by atoms with Crippen molar-refractivity contribution in [2.75, 3.05) is 0 Å². The molecule has 0 unspecified atom stereocenters. The fourth-order valence-corrected chi connectivity index (χ4v) is 1.47. The molecule has 0 saturated carbocycles. The highest BCUT2D eigenvalue weighted by atomic mass is 16.1. The van der Waals surface area contributed by atoms with E-state index in [1.165, 1.54) is 11.6 Å². The van der Waals surface area contributed by atoms with Crippen LogP contribution < -0.4 is 0 Å². The number of hydrogen-bond acceptors (Lipinski definition) is 1. The van der Waals surface area contributed by atoms with Crippen LogP contribution in [-0.2, 0) is 11.2 Å². The standard InChI is InChI=1S/C13H16O/c1-4-12(14)13(2,3)10-11-8-6-5-7-9-11/h4-9H,1,10H2,2-3H3. The van der Waals surface area contributed by atoms with Gasteiger partial charge in [-0.1, -0.05) is 50.8 Å². The summed E-state index contributed by atoms with van der Waals surface area (Å²) in [5, 5.41) is 0. The van der Waals surface area contributed by atoms with Gasteiger partial charge in [-0.25, -0.2) is 0 Å². The van der Waals surface area contributed by atoms with Crippen LogP contribution in [0.4, 0.5) is 0 Å². The van der Waals surface area contributed by atoms with Gasteiger partial charge in [-0.3, -0.25) is 4.79 Å². The molecule has 1 aromatic carbocycles. The average Bonchev–Trinajstić information content (AvgIpc) is 2.17. The summed E-state index contributed by atoms with van der Waals surface area (Å²) >= 11 is 0. The normalized spacial score (nSPS) is 11.0. The molecule has 0 spiro atoms. The molecule has 0 atom stereocenters. The summed E-state index contributed by atoms with van der Waals surface area (Å²) in [6, 6.07) is 10.0. The van der Waals surface area contributed by atoms with Crippen LogP contribution in [0.1, 0.15) is 19.4 Å². The Kier molecular flexibility index (Phi) is 3.23. The topological polar surface area (TPSA) is 17.1 Å². The second-order valence-corrected chi connectivity index (χ2v) is 4.11. The molecule has 1 heteroatoms. The Morgan fingerprint density at radius 1 is 1.36 bits per heavy atom. The van der Waals surface area contributed by atoms with E-state index in [0.29, 0.717) is 0 Å². The van der Waals surface area contributed by atoms with Crippen LogP contribution >= 0.6 is 0 Å². The fourth-order valence-electron chi connectivity index (χ4n) is 1.47. The first-order valence-corrected chi connectivity index (χ1v) is 4.77. The molecule has 0 N–H and O–H groups in total. The Hall–Kier alpha value is -1.37. The van der Waals surface area contributed by atoms with Crippen molar-refractivity contribution >= 4 is 5.78 Å². The highest BCUT2D eigenvalue weighted by Gasteiger charge is 2.24. The van der Waals surface area contributed by atoms with E-state index < -0.39 is 0 Å². The summed E-state index contributed by atoms with van der Waals surface area (Å²) in [7, 11) is 0. The smallest absolute Gasteiger partial charge is 0.161 e. The lowest BCUT2D eigenvalue weighted by Gasteiger charge is -2.21. The maximum absolute atomic E-state index is 11.5. The Bertz CT molecular complexity index is 322. The first-order valence-electron chi connectivity index (χ1n) is 4.77. The van der Waals surface area contributed by atoms with Gasteiger partial charge < -0.3 is 0 Å². The predicted octanol–water partition coefficient (Wildman–Crippen LogP) is 3.01. The number of hydrogen-bond donors (Lipinski definition) is 0. The van der Waals surface area contributed by atoms with Gasteiger partial charge in [0.05, 0.1) is 0 Å². The SMILES string of the molecule is C=CC(=O)C(C)(C)Cc1ccccc1. The fraction of sp³-hybridized carbons (Fsp3) is 0.308. The Morgan fingerprint density at radius 2 is 1.93 bits per heavy atom. The van der Waals surface area contributed by atoms with Crippen LogP contribution in [0.25, 0.3) is 0 Å².